The molecule has 2 N–H and O–H groups in total. The summed E-state index contributed by atoms with van der Waals surface area (Å²) >= 11 is 8.09. The Bertz CT molecular complexity index is 648. The summed E-state index contributed by atoms with van der Waals surface area (Å²) in [7, 11) is 0. The molecule has 2 rings (SSSR count). The van der Waals surface area contributed by atoms with Gasteiger partial charge in [0, 0.05) is 10.0 Å². The van der Waals surface area contributed by atoms with Crippen LogP contribution in [0.5, 0.6) is 5.75 Å². The van der Waals surface area contributed by atoms with Gasteiger partial charge in [-0.1, -0.05) is 28.6 Å². The number of rotatable bonds is 4. The fraction of sp³-hybridized carbons (Fsp3) is 0.0714. The first kappa shape index (κ1) is 15.4. The number of thiocarbonyl (C=S) groups is 1. The van der Waals surface area contributed by atoms with E-state index in [9.17, 15) is 9.59 Å². The Hall–Kier alpha value is -1.99. The Morgan fingerprint density at radius 3 is 2.57 bits per heavy atom. The molecule has 0 bridgehead atoms. The van der Waals surface area contributed by atoms with E-state index in [-0.39, 0.29) is 10.7 Å². The van der Waals surface area contributed by atoms with Gasteiger partial charge in [-0.25, -0.2) is 0 Å². The van der Waals surface area contributed by atoms with Crippen LogP contribution in [0.3, 0.4) is 0 Å². The quantitative estimate of drug-likeness (QED) is 0.369. The summed E-state index contributed by atoms with van der Waals surface area (Å²) in [6, 6.07) is 5.29. The van der Waals surface area contributed by atoms with E-state index in [4.69, 9.17) is 17.0 Å². The first-order valence-corrected chi connectivity index (χ1v) is 7.13. The average Bonchev–Trinajstić information content (AvgIpc) is 2.42. The summed E-state index contributed by atoms with van der Waals surface area (Å²) in [6.45, 7) is 3.90. The Morgan fingerprint density at radius 1 is 1.29 bits per heavy atom. The molecule has 0 unspecified atom stereocenters. The minimum atomic E-state index is -0.543. The number of nitrogens with one attached hydrogen (secondary N) is 2. The largest absolute Gasteiger partial charge is 0.489 e. The van der Waals surface area contributed by atoms with Gasteiger partial charge < -0.3 is 4.74 Å². The fourth-order valence-electron chi connectivity index (χ4n) is 1.67. The zero-order valence-corrected chi connectivity index (χ0v) is 13.2. The van der Waals surface area contributed by atoms with Gasteiger partial charge in [0.25, 0.3) is 11.8 Å². The molecule has 0 atom stereocenters. The third-order valence-electron chi connectivity index (χ3n) is 2.57. The van der Waals surface area contributed by atoms with Gasteiger partial charge in [0.05, 0.1) is 0 Å². The molecule has 2 amide bonds. The van der Waals surface area contributed by atoms with E-state index in [0.29, 0.717) is 17.9 Å². The van der Waals surface area contributed by atoms with Crippen LogP contribution in [0.2, 0.25) is 0 Å². The molecule has 0 aliphatic carbocycles. The number of carbonyl (C=O) groups excluding carboxylic acids is 2. The SMILES string of the molecule is C=CCOc1ccc(Br)cc1C=C1C(=O)NC(=S)NC1=O. The van der Waals surface area contributed by atoms with E-state index in [1.165, 1.54) is 6.08 Å². The zero-order chi connectivity index (χ0) is 15.4. The molecular formula is C14H11BrN2O3S. The van der Waals surface area contributed by atoms with Crippen LogP contribution in [0.1, 0.15) is 5.56 Å². The number of benzene rings is 1. The van der Waals surface area contributed by atoms with Gasteiger partial charge in [0.2, 0.25) is 0 Å². The number of amides is 2. The maximum Gasteiger partial charge on any atom is 0.263 e. The molecule has 0 saturated carbocycles. The van der Waals surface area contributed by atoms with Crippen molar-refractivity contribution in [1.82, 2.24) is 10.6 Å². The predicted molar refractivity (Wildman–Crippen MR) is 86.7 cm³/mol. The average molecular weight is 367 g/mol. The molecule has 1 aromatic carbocycles. The molecule has 5 nitrogen and oxygen atoms in total. The maximum atomic E-state index is 11.8. The third kappa shape index (κ3) is 3.77. The van der Waals surface area contributed by atoms with Crippen LogP contribution in [0.4, 0.5) is 0 Å². The maximum absolute atomic E-state index is 11.8. The smallest absolute Gasteiger partial charge is 0.263 e. The van der Waals surface area contributed by atoms with Crippen LogP contribution >= 0.6 is 28.1 Å². The van der Waals surface area contributed by atoms with Gasteiger partial charge in [0.1, 0.15) is 17.9 Å². The Kier molecular flexibility index (Phi) is 4.87. The normalized spacial score (nSPS) is 14.3. The van der Waals surface area contributed by atoms with E-state index < -0.39 is 11.8 Å². The molecular weight excluding hydrogens is 356 g/mol. The van der Waals surface area contributed by atoms with E-state index >= 15 is 0 Å². The van der Waals surface area contributed by atoms with Gasteiger partial charge in [-0.05, 0) is 36.5 Å². The minimum Gasteiger partial charge on any atom is -0.489 e. The van der Waals surface area contributed by atoms with Gasteiger partial charge in [-0.15, -0.1) is 0 Å². The number of hydrogen-bond donors (Lipinski definition) is 2. The summed E-state index contributed by atoms with van der Waals surface area (Å²) in [6.07, 6.45) is 3.06. The standard InChI is InChI=1S/C14H11BrN2O3S/c1-2-5-20-11-4-3-9(15)6-8(11)7-10-12(18)16-14(21)17-13(10)19/h2-4,6-7H,1,5H2,(H2,16,17,18,19,21). The van der Waals surface area contributed by atoms with Crippen molar-refractivity contribution in [1.29, 1.82) is 0 Å². The van der Waals surface area contributed by atoms with Crippen molar-refractivity contribution in [2.45, 2.75) is 0 Å². The van der Waals surface area contributed by atoms with Crippen LogP contribution in [-0.4, -0.2) is 23.5 Å². The van der Waals surface area contributed by atoms with Crippen LogP contribution in [0.25, 0.3) is 6.08 Å². The second kappa shape index (κ2) is 6.64. The van der Waals surface area contributed by atoms with Crippen LogP contribution in [0, 0.1) is 0 Å². The first-order chi connectivity index (χ1) is 10.0. The second-order valence-corrected chi connectivity index (χ2v) is 5.40. The highest BCUT2D eigenvalue weighted by Crippen LogP contribution is 2.26. The number of ether oxygens (including phenoxy) is 1. The molecule has 7 heteroatoms. The lowest BCUT2D eigenvalue weighted by atomic mass is 10.1. The molecule has 0 spiro atoms. The van der Waals surface area contributed by atoms with E-state index in [1.807, 2.05) is 0 Å². The molecule has 1 fully saturated rings. The van der Waals surface area contributed by atoms with Crippen molar-refractivity contribution < 1.29 is 14.3 Å². The highest BCUT2D eigenvalue weighted by atomic mass is 79.9. The topological polar surface area (TPSA) is 67.4 Å². The van der Waals surface area contributed by atoms with Gasteiger partial charge >= 0.3 is 0 Å². The van der Waals surface area contributed by atoms with Crippen molar-refractivity contribution in [3.8, 4) is 5.75 Å². The van der Waals surface area contributed by atoms with E-state index in [0.717, 1.165) is 4.47 Å². The van der Waals surface area contributed by atoms with Crippen LogP contribution in [-0.2, 0) is 9.59 Å². The Morgan fingerprint density at radius 2 is 1.95 bits per heavy atom. The number of halogens is 1. The summed E-state index contributed by atoms with van der Waals surface area (Å²) < 4.78 is 6.30. The van der Waals surface area contributed by atoms with Gasteiger partial charge in [-0.3, -0.25) is 20.2 Å². The molecule has 21 heavy (non-hydrogen) atoms. The lowest BCUT2D eigenvalue weighted by Gasteiger charge is -2.17. The van der Waals surface area contributed by atoms with Gasteiger partial charge in [-0.2, -0.15) is 0 Å². The highest BCUT2D eigenvalue weighted by Gasteiger charge is 2.26. The van der Waals surface area contributed by atoms with Crippen LogP contribution < -0.4 is 15.4 Å². The molecule has 1 aliphatic heterocycles. The minimum absolute atomic E-state index is 0.000442. The predicted octanol–water partition coefficient (Wildman–Crippen LogP) is 1.93. The number of carbonyl (C=O) groups is 2. The molecule has 1 saturated heterocycles. The molecule has 1 aromatic rings. The second-order valence-electron chi connectivity index (χ2n) is 4.08. The van der Waals surface area contributed by atoms with Crippen molar-refractivity contribution in [3.63, 3.8) is 0 Å². The summed E-state index contributed by atoms with van der Waals surface area (Å²) in [5.41, 5.74) is 0.560. The fourth-order valence-corrected chi connectivity index (χ4v) is 2.24. The number of hydrogen-bond acceptors (Lipinski definition) is 4. The van der Waals surface area contributed by atoms with Crippen molar-refractivity contribution in [2.24, 2.45) is 0 Å². The summed E-state index contributed by atoms with van der Waals surface area (Å²) in [5, 5.41) is 4.76. The van der Waals surface area contributed by atoms with Gasteiger partial charge in [0.15, 0.2) is 5.11 Å². The monoisotopic (exact) mass is 366 g/mol. The van der Waals surface area contributed by atoms with Crippen molar-refractivity contribution in [2.75, 3.05) is 6.61 Å². The van der Waals surface area contributed by atoms with E-state index in [1.54, 1.807) is 24.3 Å². The summed E-state index contributed by atoms with van der Waals surface area (Å²) in [4.78, 5) is 23.7. The molecule has 1 heterocycles. The van der Waals surface area contributed by atoms with E-state index in [2.05, 4.69) is 33.1 Å². The van der Waals surface area contributed by atoms with Crippen molar-refractivity contribution >= 4 is 51.2 Å². The zero-order valence-electron chi connectivity index (χ0n) is 10.8. The molecule has 0 aromatic heterocycles. The van der Waals surface area contributed by atoms with Crippen molar-refractivity contribution in [3.05, 3.63) is 46.5 Å². The first-order valence-electron chi connectivity index (χ1n) is 5.93. The third-order valence-corrected chi connectivity index (χ3v) is 3.27. The lowest BCUT2D eigenvalue weighted by molar-refractivity contribution is -0.123. The molecule has 0 radical (unpaired) electrons. The molecule has 1 aliphatic rings. The summed E-state index contributed by atoms with van der Waals surface area (Å²) in [5.74, 6) is -0.545. The molecule has 108 valence electrons. The Balaban J connectivity index is 2.40. The van der Waals surface area contributed by atoms with Crippen LogP contribution in [0.15, 0.2) is 40.9 Å². The highest BCUT2D eigenvalue weighted by molar-refractivity contribution is 9.10. The Labute approximate surface area is 135 Å². The lowest BCUT2D eigenvalue weighted by Crippen LogP contribution is -2.51.